The number of nitrogens with one attached hydrogen (secondary N) is 2. The molecule has 1 aliphatic rings. The van der Waals surface area contributed by atoms with Gasteiger partial charge in [-0.1, -0.05) is 26.8 Å². The molecule has 2 rings (SSSR count). The summed E-state index contributed by atoms with van der Waals surface area (Å²) in [5, 5.41) is 25.0. The molecule has 0 saturated carbocycles. The Balaban J connectivity index is 1.77. The Morgan fingerprint density at radius 1 is 0.923 bits per heavy atom. The van der Waals surface area contributed by atoms with Crippen molar-refractivity contribution in [3.8, 4) is 11.5 Å². The molecular weight excluding hydrogens is 502 g/mol. The summed E-state index contributed by atoms with van der Waals surface area (Å²) in [5.41, 5.74) is -0.158. The van der Waals surface area contributed by atoms with Crippen LogP contribution in [0.3, 0.4) is 0 Å². The zero-order chi connectivity index (χ0) is 29.1. The van der Waals surface area contributed by atoms with Gasteiger partial charge in [0.15, 0.2) is 11.5 Å². The van der Waals surface area contributed by atoms with Crippen LogP contribution >= 0.6 is 0 Å². The lowest BCUT2D eigenvalue weighted by molar-refractivity contribution is -0.137. The highest BCUT2D eigenvalue weighted by Gasteiger charge is 2.31. The minimum Gasteiger partial charge on any atom is -0.504 e. The standard InChI is InChI=1S/C29H43N3O7/c1-5-28(4,15-12-24(35)30-17-13-21-8-9-22(33)23(34)20-21)39-19-16-29(6-2,7-3)31-25(36)14-18-32-26(37)10-11-27(32)38/h8-11,20,33-34H,5-7,12-19H2,1-4H3,(H,30,35)(H,31,36)/t28-/m1/s1. The van der Waals surface area contributed by atoms with E-state index >= 15 is 0 Å². The Morgan fingerprint density at radius 2 is 1.59 bits per heavy atom. The highest BCUT2D eigenvalue weighted by atomic mass is 16.5. The second kappa shape index (κ2) is 14.7. The van der Waals surface area contributed by atoms with E-state index in [2.05, 4.69) is 10.6 Å². The summed E-state index contributed by atoms with van der Waals surface area (Å²) in [6, 6.07) is 4.60. The van der Waals surface area contributed by atoms with Crippen LogP contribution in [0.2, 0.25) is 0 Å². The van der Waals surface area contributed by atoms with Crippen LogP contribution in [-0.4, -0.2) is 69.6 Å². The van der Waals surface area contributed by atoms with Gasteiger partial charge in [0.25, 0.3) is 11.8 Å². The van der Waals surface area contributed by atoms with Crippen molar-refractivity contribution in [1.29, 1.82) is 0 Å². The smallest absolute Gasteiger partial charge is 0.253 e. The molecule has 1 atom stereocenters. The molecule has 0 saturated heterocycles. The van der Waals surface area contributed by atoms with Gasteiger partial charge in [-0.15, -0.1) is 0 Å². The monoisotopic (exact) mass is 545 g/mol. The molecule has 0 unspecified atom stereocenters. The van der Waals surface area contributed by atoms with Crippen LogP contribution in [0.5, 0.6) is 11.5 Å². The average molecular weight is 546 g/mol. The predicted octanol–water partition coefficient (Wildman–Crippen LogP) is 3.10. The minimum absolute atomic E-state index is 0.0391. The van der Waals surface area contributed by atoms with Crippen molar-refractivity contribution in [2.75, 3.05) is 19.7 Å². The summed E-state index contributed by atoms with van der Waals surface area (Å²) in [7, 11) is 0. The first-order valence-corrected chi connectivity index (χ1v) is 13.7. The van der Waals surface area contributed by atoms with E-state index in [9.17, 15) is 29.4 Å². The Bertz CT molecular complexity index is 1030. The highest BCUT2D eigenvalue weighted by Crippen LogP contribution is 2.27. The quantitative estimate of drug-likeness (QED) is 0.174. The molecule has 1 heterocycles. The third-order valence-electron chi connectivity index (χ3n) is 7.66. The number of rotatable bonds is 17. The van der Waals surface area contributed by atoms with Gasteiger partial charge in [0, 0.05) is 50.2 Å². The maximum absolute atomic E-state index is 12.7. The number of hydrogen-bond acceptors (Lipinski definition) is 7. The van der Waals surface area contributed by atoms with Gasteiger partial charge in [0.05, 0.1) is 5.60 Å². The number of ether oxygens (including phenoxy) is 1. The third kappa shape index (κ3) is 9.69. The van der Waals surface area contributed by atoms with Crippen molar-refractivity contribution in [3.05, 3.63) is 35.9 Å². The van der Waals surface area contributed by atoms with Gasteiger partial charge in [0.1, 0.15) is 0 Å². The van der Waals surface area contributed by atoms with Crippen molar-refractivity contribution >= 4 is 23.6 Å². The number of phenolic OH excluding ortho intramolecular Hbond substituents is 2. The first-order chi connectivity index (χ1) is 18.5. The van der Waals surface area contributed by atoms with Crippen LogP contribution in [0.15, 0.2) is 30.4 Å². The molecule has 1 aliphatic heterocycles. The molecule has 0 bridgehead atoms. The van der Waals surface area contributed by atoms with Crippen LogP contribution < -0.4 is 10.6 Å². The van der Waals surface area contributed by atoms with Crippen LogP contribution in [0.1, 0.15) is 78.2 Å². The van der Waals surface area contributed by atoms with Gasteiger partial charge < -0.3 is 25.6 Å². The summed E-state index contributed by atoms with van der Waals surface area (Å²) in [5.74, 6) is -1.46. The Kier molecular flexibility index (Phi) is 12.0. The largest absolute Gasteiger partial charge is 0.504 e. The number of carbonyl (C=O) groups excluding carboxylic acids is 4. The summed E-state index contributed by atoms with van der Waals surface area (Å²) in [6.45, 7) is 8.87. The van der Waals surface area contributed by atoms with Crippen LogP contribution in [0.25, 0.3) is 0 Å². The molecule has 4 N–H and O–H groups in total. The molecular formula is C29H43N3O7. The van der Waals surface area contributed by atoms with E-state index in [0.29, 0.717) is 51.7 Å². The second-order valence-corrected chi connectivity index (χ2v) is 10.3. The molecule has 1 aromatic rings. The van der Waals surface area contributed by atoms with Crippen LogP contribution in [-0.2, 0) is 30.3 Å². The number of phenols is 2. The highest BCUT2D eigenvalue weighted by molar-refractivity contribution is 6.13. The Labute approximate surface area is 230 Å². The second-order valence-electron chi connectivity index (χ2n) is 10.3. The van der Waals surface area contributed by atoms with Gasteiger partial charge in [-0.2, -0.15) is 0 Å². The summed E-state index contributed by atoms with van der Waals surface area (Å²) in [4.78, 5) is 49.6. The zero-order valence-electron chi connectivity index (χ0n) is 23.5. The summed E-state index contributed by atoms with van der Waals surface area (Å²) in [6.07, 6.45) is 6.54. The van der Waals surface area contributed by atoms with Gasteiger partial charge in [0.2, 0.25) is 11.8 Å². The van der Waals surface area contributed by atoms with Crippen molar-refractivity contribution in [1.82, 2.24) is 15.5 Å². The third-order valence-corrected chi connectivity index (χ3v) is 7.66. The van der Waals surface area contributed by atoms with Gasteiger partial charge in [-0.3, -0.25) is 24.1 Å². The van der Waals surface area contributed by atoms with E-state index in [4.69, 9.17) is 4.74 Å². The molecule has 4 amide bonds. The van der Waals surface area contributed by atoms with E-state index in [1.807, 2.05) is 27.7 Å². The molecule has 0 aromatic heterocycles. The van der Waals surface area contributed by atoms with Gasteiger partial charge in [-0.05, 0) is 63.1 Å². The lowest BCUT2D eigenvalue weighted by Crippen LogP contribution is -2.49. The number of nitrogens with zero attached hydrogens (tertiary/aromatic N) is 1. The molecule has 0 radical (unpaired) electrons. The molecule has 216 valence electrons. The number of hydrogen-bond donors (Lipinski definition) is 4. The predicted molar refractivity (Wildman–Crippen MR) is 147 cm³/mol. The first kappa shape index (κ1) is 31.8. The maximum Gasteiger partial charge on any atom is 0.253 e. The first-order valence-electron chi connectivity index (χ1n) is 13.7. The Morgan fingerprint density at radius 3 is 2.18 bits per heavy atom. The van der Waals surface area contributed by atoms with Crippen LogP contribution in [0, 0.1) is 0 Å². The molecule has 1 aromatic carbocycles. The fourth-order valence-corrected chi connectivity index (χ4v) is 4.45. The minimum atomic E-state index is -0.499. The van der Waals surface area contributed by atoms with Gasteiger partial charge in [-0.25, -0.2) is 0 Å². The van der Waals surface area contributed by atoms with E-state index in [1.54, 1.807) is 6.07 Å². The molecule has 0 aliphatic carbocycles. The molecule has 39 heavy (non-hydrogen) atoms. The van der Waals surface area contributed by atoms with E-state index in [1.165, 1.54) is 24.3 Å². The molecule has 10 heteroatoms. The Hall–Kier alpha value is -3.40. The number of aromatic hydroxyl groups is 2. The zero-order valence-corrected chi connectivity index (χ0v) is 23.5. The molecule has 10 nitrogen and oxygen atoms in total. The molecule has 0 fully saturated rings. The fraction of sp³-hybridized carbons (Fsp3) is 0.586. The van der Waals surface area contributed by atoms with E-state index in [-0.39, 0.29) is 36.3 Å². The van der Waals surface area contributed by atoms with E-state index < -0.39 is 23.0 Å². The summed E-state index contributed by atoms with van der Waals surface area (Å²) < 4.78 is 6.25. The van der Waals surface area contributed by atoms with Crippen molar-refractivity contribution in [3.63, 3.8) is 0 Å². The number of amides is 4. The van der Waals surface area contributed by atoms with Gasteiger partial charge >= 0.3 is 0 Å². The fourth-order valence-electron chi connectivity index (χ4n) is 4.45. The van der Waals surface area contributed by atoms with Crippen LogP contribution in [0.4, 0.5) is 0 Å². The SMILES string of the molecule is CCC(CC)(CCO[C@](C)(CC)CCC(=O)NCCc1ccc(O)c(O)c1)NC(=O)CCN1C(=O)C=CC1=O. The van der Waals surface area contributed by atoms with E-state index in [0.717, 1.165) is 16.9 Å². The average Bonchev–Trinajstić information content (AvgIpc) is 3.24. The summed E-state index contributed by atoms with van der Waals surface area (Å²) >= 11 is 0. The topological polar surface area (TPSA) is 145 Å². The maximum atomic E-state index is 12.7. The van der Waals surface area contributed by atoms with Crippen molar-refractivity contribution in [2.24, 2.45) is 0 Å². The van der Waals surface area contributed by atoms with Crippen molar-refractivity contribution in [2.45, 2.75) is 90.2 Å². The number of carbonyl (C=O) groups is 4. The lowest BCUT2D eigenvalue weighted by atomic mass is 9.88. The molecule has 0 spiro atoms. The van der Waals surface area contributed by atoms with Crippen molar-refractivity contribution < 1.29 is 34.1 Å². The normalized spacial score (nSPS) is 14.9. The number of benzene rings is 1. The lowest BCUT2D eigenvalue weighted by Gasteiger charge is -2.35. The number of imide groups is 1.